The van der Waals surface area contributed by atoms with E-state index in [0.29, 0.717) is 18.0 Å². The predicted octanol–water partition coefficient (Wildman–Crippen LogP) is 5.58. The molecule has 2 aromatic rings. The van der Waals surface area contributed by atoms with E-state index in [4.69, 9.17) is 0 Å². The van der Waals surface area contributed by atoms with Crippen LogP contribution >= 0.6 is 11.3 Å². The molecule has 1 heterocycles. The number of hydrogen-bond acceptors (Lipinski definition) is 2. The maximum atomic E-state index is 3.86. The SMILES string of the molecule is CCC(NC(CC(C)C)c1ccccc1)c1cccs1. The number of rotatable bonds is 7. The third-order valence-corrected chi connectivity index (χ3v) is 4.59. The highest BCUT2D eigenvalue weighted by Crippen LogP contribution is 2.28. The molecule has 0 fully saturated rings. The Bertz CT molecular complexity index is 475. The highest BCUT2D eigenvalue weighted by molar-refractivity contribution is 7.10. The summed E-state index contributed by atoms with van der Waals surface area (Å²) in [6, 6.07) is 16.1. The molecule has 1 aromatic carbocycles. The van der Waals surface area contributed by atoms with Gasteiger partial charge >= 0.3 is 0 Å². The standard InChI is InChI=1S/C18H25NS/c1-4-16(18-11-8-12-20-18)19-17(13-14(2)3)15-9-6-5-7-10-15/h5-12,14,16-17,19H,4,13H2,1-3H3. The first-order valence-corrected chi connectivity index (χ1v) is 8.43. The Labute approximate surface area is 127 Å². The van der Waals surface area contributed by atoms with Crippen LogP contribution < -0.4 is 5.32 Å². The lowest BCUT2D eigenvalue weighted by molar-refractivity contribution is 0.379. The zero-order chi connectivity index (χ0) is 14.4. The van der Waals surface area contributed by atoms with Crippen LogP contribution in [0.15, 0.2) is 47.8 Å². The Morgan fingerprint density at radius 3 is 2.30 bits per heavy atom. The van der Waals surface area contributed by atoms with Gasteiger partial charge in [-0.2, -0.15) is 0 Å². The number of thiophene rings is 1. The van der Waals surface area contributed by atoms with Crippen LogP contribution in [0.25, 0.3) is 0 Å². The summed E-state index contributed by atoms with van der Waals surface area (Å²) in [6.07, 6.45) is 2.30. The van der Waals surface area contributed by atoms with Crippen LogP contribution in [0.4, 0.5) is 0 Å². The molecule has 0 aliphatic heterocycles. The molecule has 108 valence electrons. The van der Waals surface area contributed by atoms with Crippen molar-refractivity contribution in [1.29, 1.82) is 0 Å². The minimum atomic E-state index is 0.434. The van der Waals surface area contributed by atoms with Gasteiger partial charge in [0.2, 0.25) is 0 Å². The summed E-state index contributed by atoms with van der Waals surface area (Å²) < 4.78 is 0. The van der Waals surface area contributed by atoms with Crippen molar-refractivity contribution in [2.24, 2.45) is 5.92 Å². The Kier molecular flexibility index (Phi) is 5.81. The van der Waals surface area contributed by atoms with Crippen molar-refractivity contribution in [3.8, 4) is 0 Å². The first kappa shape index (κ1) is 15.3. The normalized spacial score (nSPS) is 14.4. The zero-order valence-electron chi connectivity index (χ0n) is 12.7. The van der Waals surface area contributed by atoms with Crippen LogP contribution in [-0.4, -0.2) is 0 Å². The van der Waals surface area contributed by atoms with Gasteiger partial charge in [0.15, 0.2) is 0 Å². The second kappa shape index (κ2) is 7.61. The molecule has 0 bridgehead atoms. The molecule has 0 aliphatic rings. The summed E-state index contributed by atoms with van der Waals surface area (Å²) in [6.45, 7) is 6.85. The van der Waals surface area contributed by atoms with E-state index in [1.54, 1.807) is 0 Å². The lowest BCUT2D eigenvalue weighted by Crippen LogP contribution is -2.26. The molecule has 2 rings (SSSR count). The van der Waals surface area contributed by atoms with Crippen molar-refractivity contribution in [1.82, 2.24) is 5.32 Å². The van der Waals surface area contributed by atoms with Gasteiger partial charge in [-0.1, -0.05) is 57.2 Å². The number of hydrogen-bond donors (Lipinski definition) is 1. The van der Waals surface area contributed by atoms with Crippen LogP contribution in [0, 0.1) is 5.92 Å². The van der Waals surface area contributed by atoms with E-state index in [2.05, 4.69) is 73.9 Å². The van der Waals surface area contributed by atoms with E-state index in [1.165, 1.54) is 16.9 Å². The second-order valence-electron chi connectivity index (χ2n) is 5.74. The largest absolute Gasteiger partial charge is 0.302 e. The molecule has 2 heteroatoms. The second-order valence-corrected chi connectivity index (χ2v) is 6.72. The molecule has 0 spiro atoms. The Morgan fingerprint density at radius 2 is 1.75 bits per heavy atom. The third kappa shape index (κ3) is 4.19. The fourth-order valence-corrected chi connectivity index (χ4v) is 3.46. The molecule has 2 unspecified atom stereocenters. The maximum absolute atomic E-state index is 3.86. The maximum Gasteiger partial charge on any atom is 0.0417 e. The van der Waals surface area contributed by atoms with Crippen LogP contribution in [0.1, 0.15) is 56.1 Å². The smallest absolute Gasteiger partial charge is 0.0417 e. The average Bonchev–Trinajstić information content (AvgIpc) is 2.98. The van der Waals surface area contributed by atoms with E-state index in [0.717, 1.165) is 6.42 Å². The van der Waals surface area contributed by atoms with E-state index in [-0.39, 0.29) is 0 Å². The summed E-state index contributed by atoms with van der Waals surface area (Å²) in [4.78, 5) is 1.44. The van der Waals surface area contributed by atoms with Crippen molar-refractivity contribution in [3.05, 3.63) is 58.3 Å². The van der Waals surface area contributed by atoms with Crippen molar-refractivity contribution in [3.63, 3.8) is 0 Å². The third-order valence-electron chi connectivity index (χ3n) is 3.61. The van der Waals surface area contributed by atoms with Gasteiger partial charge in [-0.05, 0) is 35.8 Å². The van der Waals surface area contributed by atoms with Gasteiger partial charge < -0.3 is 5.32 Å². The summed E-state index contributed by atoms with van der Waals surface area (Å²) in [5.74, 6) is 0.688. The van der Waals surface area contributed by atoms with Crippen molar-refractivity contribution >= 4 is 11.3 Å². The molecular formula is C18H25NS. The predicted molar refractivity (Wildman–Crippen MR) is 89.1 cm³/mol. The summed E-state index contributed by atoms with van der Waals surface area (Å²) in [7, 11) is 0. The highest BCUT2D eigenvalue weighted by Gasteiger charge is 2.18. The summed E-state index contributed by atoms with van der Waals surface area (Å²) >= 11 is 1.85. The van der Waals surface area contributed by atoms with E-state index < -0.39 is 0 Å². The van der Waals surface area contributed by atoms with Crippen LogP contribution in [0.3, 0.4) is 0 Å². The lowest BCUT2D eigenvalue weighted by atomic mass is 9.95. The Hall–Kier alpha value is -1.12. The van der Waals surface area contributed by atoms with Crippen molar-refractivity contribution in [2.45, 2.75) is 45.7 Å². The van der Waals surface area contributed by atoms with Crippen LogP contribution in [0.2, 0.25) is 0 Å². The molecule has 0 aliphatic carbocycles. The van der Waals surface area contributed by atoms with E-state index in [1.807, 2.05) is 11.3 Å². The van der Waals surface area contributed by atoms with Gasteiger partial charge in [0.25, 0.3) is 0 Å². The minimum absolute atomic E-state index is 0.434. The Balaban J connectivity index is 2.15. The molecule has 1 N–H and O–H groups in total. The molecule has 0 amide bonds. The molecular weight excluding hydrogens is 262 g/mol. The van der Waals surface area contributed by atoms with Gasteiger partial charge in [0, 0.05) is 17.0 Å². The first-order valence-electron chi connectivity index (χ1n) is 7.55. The first-order chi connectivity index (χ1) is 9.70. The number of nitrogens with one attached hydrogen (secondary N) is 1. The van der Waals surface area contributed by atoms with Gasteiger partial charge in [-0.3, -0.25) is 0 Å². The fraction of sp³-hybridized carbons (Fsp3) is 0.444. The fourth-order valence-electron chi connectivity index (χ4n) is 2.59. The number of benzene rings is 1. The van der Waals surface area contributed by atoms with Gasteiger partial charge in [-0.25, -0.2) is 0 Å². The molecule has 2 atom stereocenters. The molecule has 0 saturated carbocycles. The molecule has 1 nitrogen and oxygen atoms in total. The molecule has 0 saturated heterocycles. The van der Waals surface area contributed by atoms with Gasteiger partial charge in [0.05, 0.1) is 0 Å². The van der Waals surface area contributed by atoms with E-state index >= 15 is 0 Å². The van der Waals surface area contributed by atoms with Crippen LogP contribution in [-0.2, 0) is 0 Å². The van der Waals surface area contributed by atoms with Crippen molar-refractivity contribution < 1.29 is 0 Å². The summed E-state index contributed by atoms with van der Waals surface area (Å²) in [5.41, 5.74) is 1.40. The average molecular weight is 287 g/mol. The molecule has 1 aromatic heterocycles. The van der Waals surface area contributed by atoms with Gasteiger partial charge in [-0.15, -0.1) is 11.3 Å². The monoisotopic (exact) mass is 287 g/mol. The van der Waals surface area contributed by atoms with E-state index in [9.17, 15) is 0 Å². The molecule has 20 heavy (non-hydrogen) atoms. The Morgan fingerprint density at radius 1 is 1.00 bits per heavy atom. The van der Waals surface area contributed by atoms with Crippen LogP contribution in [0.5, 0.6) is 0 Å². The highest BCUT2D eigenvalue weighted by atomic mass is 32.1. The minimum Gasteiger partial charge on any atom is -0.302 e. The lowest BCUT2D eigenvalue weighted by Gasteiger charge is -2.26. The molecule has 0 radical (unpaired) electrons. The topological polar surface area (TPSA) is 12.0 Å². The van der Waals surface area contributed by atoms with Crippen molar-refractivity contribution in [2.75, 3.05) is 0 Å². The quantitative estimate of drug-likeness (QED) is 0.701. The van der Waals surface area contributed by atoms with Gasteiger partial charge in [0.1, 0.15) is 0 Å². The zero-order valence-corrected chi connectivity index (χ0v) is 13.5. The summed E-state index contributed by atoms with van der Waals surface area (Å²) in [5, 5.41) is 6.03.